The van der Waals surface area contributed by atoms with Crippen LogP contribution >= 0.6 is 0 Å². The summed E-state index contributed by atoms with van der Waals surface area (Å²) in [4.78, 5) is 16.5. The summed E-state index contributed by atoms with van der Waals surface area (Å²) in [6.45, 7) is 0. The number of aromatic nitrogens is 1. The quantitative estimate of drug-likeness (QED) is 0.481. The molecular weight excluding hydrogens is 368 g/mol. The van der Waals surface area contributed by atoms with Crippen LogP contribution in [0.1, 0.15) is 21.5 Å². The van der Waals surface area contributed by atoms with Crippen LogP contribution in [-0.2, 0) is 12.8 Å². The zero-order chi connectivity index (χ0) is 18.5. The van der Waals surface area contributed by atoms with Gasteiger partial charge in [-0.25, -0.2) is 9.37 Å². The van der Waals surface area contributed by atoms with Crippen molar-refractivity contribution in [2.24, 2.45) is 0 Å². The molecule has 5 rings (SSSR count). The molecule has 0 spiro atoms. The summed E-state index contributed by atoms with van der Waals surface area (Å²) in [5.41, 5.74) is 5.75. The van der Waals surface area contributed by atoms with Crippen LogP contribution < -0.4 is 34.7 Å². The Morgan fingerprint density at radius 2 is 1.93 bits per heavy atom. The van der Waals surface area contributed by atoms with Crippen LogP contribution in [0.5, 0.6) is 0 Å². The van der Waals surface area contributed by atoms with Crippen molar-refractivity contribution in [1.82, 2.24) is 4.98 Å². The molecule has 6 heteroatoms. The predicted molar refractivity (Wildman–Crippen MR) is 96.6 cm³/mol. The van der Waals surface area contributed by atoms with Gasteiger partial charge in [0.25, 0.3) is 0 Å². The van der Waals surface area contributed by atoms with Gasteiger partial charge in [0.05, 0.1) is 29.7 Å². The molecule has 0 radical (unpaired) electrons. The van der Waals surface area contributed by atoms with Gasteiger partial charge in [-0.2, -0.15) is 0 Å². The number of benzene rings is 2. The normalized spacial score (nSPS) is 12.2. The number of hydrogen-bond acceptors (Lipinski definition) is 4. The molecule has 2 aromatic heterocycles. The maximum atomic E-state index is 13.7. The molecule has 28 heavy (non-hydrogen) atoms. The molecule has 1 aliphatic rings. The molecule has 0 saturated heterocycles. The van der Waals surface area contributed by atoms with E-state index in [0.717, 1.165) is 22.3 Å². The van der Waals surface area contributed by atoms with Crippen molar-refractivity contribution in [3.8, 4) is 22.4 Å². The molecule has 0 saturated carbocycles. The van der Waals surface area contributed by atoms with Crippen molar-refractivity contribution in [3.05, 3.63) is 77.5 Å². The van der Waals surface area contributed by atoms with Gasteiger partial charge in [-0.3, -0.25) is 0 Å². The second-order valence-corrected chi connectivity index (χ2v) is 6.65. The van der Waals surface area contributed by atoms with Gasteiger partial charge in [-0.05, 0) is 53.8 Å². The first-order chi connectivity index (χ1) is 13.1. The van der Waals surface area contributed by atoms with Gasteiger partial charge in [-0.1, -0.05) is 18.2 Å². The van der Waals surface area contributed by atoms with Crippen LogP contribution in [0.4, 0.5) is 4.39 Å². The fourth-order valence-corrected chi connectivity index (χ4v) is 3.87. The van der Waals surface area contributed by atoms with Crippen LogP contribution in [-0.4, -0.2) is 11.0 Å². The minimum Gasteiger partial charge on any atom is -0.545 e. The van der Waals surface area contributed by atoms with Crippen LogP contribution in [0.25, 0.3) is 33.3 Å². The molecule has 0 fully saturated rings. The monoisotopic (exact) mass is 381 g/mol. The Morgan fingerprint density at radius 3 is 2.68 bits per heavy atom. The number of halogens is 1. The standard InChI is InChI=1S/C22H14FNO3.Na/c23-15-3-6-19-18(10-15)20(22(25)26)17-5-2-13-9-12(14-7-8-27-11-14)1-4-16(13)21(17)24-19;/h1,3-4,6-11H,2,5H2,(H,25,26);/q;+1/p-1. The summed E-state index contributed by atoms with van der Waals surface area (Å²) in [5.74, 6) is -1.80. The number of fused-ring (bicyclic) bond motifs is 4. The molecule has 0 N–H and O–H groups in total. The van der Waals surface area contributed by atoms with E-state index in [9.17, 15) is 14.3 Å². The van der Waals surface area contributed by atoms with Crippen molar-refractivity contribution >= 4 is 16.9 Å². The predicted octanol–water partition coefficient (Wildman–Crippen LogP) is 0.767. The topological polar surface area (TPSA) is 66.2 Å². The Balaban J connectivity index is 0.00000192. The number of carbonyl (C=O) groups excluding carboxylic acids is 1. The molecule has 4 nitrogen and oxygen atoms in total. The van der Waals surface area contributed by atoms with E-state index in [0.29, 0.717) is 29.6 Å². The van der Waals surface area contributed by atoms with Crippen molar-refractivity contribution in [3.63, 3.8) is 0 Å². The van der Waals surface area contributed by atoms with Crippen molar-refractivity contribution in [2.75, 3.05) is 0 Å². The van der Waals surface area contributed by atoms with Gasteiger partial charge >= 0.3 is 29.6 Å². The number of nitrogens with zero attached hydrogens (tertiary/aromatic N) is 1. The number of carboxylic acids is 1. The number of rotatable bonds is 2. The zero-order valence-corrected chi connectivity index (χ0v) is 17.2. The molecule has 132 valence electrons. The molecule has 0 aliphatic heterocycles. The molecule has 0 amide bonds. The Labute approximate surface area is 182 Å². The summed E-state index contributed by atoms with van der Waals surface area (Å²) < 4.78 is 18.8. The number of pyridine rings is 1. The third kappa shape index (κ3) is 2.96. The smallest absolute Gasteiger partial charge is 0.545 e. The van der Waals surface area contributed by atoms with Crippen LogP contribution in [0, 0.1) is 5.82 Å². The third-order valence-electron chi connectivity index (χ3n) is 5.11. The molecule has 0 bridgehead atoms. The first-order valence-corrected chi connectivity index (χ1v) is 8.61. The number of carboxylic acid groups (broad SMARTS) is 1. The first-order valence-electron chi connectivity index (χ1n) is 8.61. The molecule has 2 aromatic carbocycles. The summed E-state index contributed by atoms with van der Waals surface area (Å²) in [7, 11) is 0. The zero-order valence-electron chi connectivity index (χ0n) is 15.2. The molecule has 0 unspecified atom stereocenters. The van der Waals surface area contributed by atoms with E-state index in [1.807, 2.05) is 18.2 Å². The van der Waals surface area contributed by atoms with Crippen molar-refractivity contribution in [2.45, 2.75) is 12.8 Å². The second-order valence-electron chi connectivity index (χ2n) is 6.65. The van der Waals surface area contributed by atoms with E-state index < -0.39 is 11.8 Å². The van der Waals surface area contributed by atoms with E-state index >= 15 is 0 Å². The van der Waals surface area contributed by atoms with Gasteiger partial charge in [0.15, 0.2) is 0 Å². The van der Waals surface area contributed by atoms with E-state index in [1.54, 1.807) is 12.5 Å². The van der Waals surface area contributed by atoms with E-state index in [1.165, 1.54) is 18.2 Å². The Bertz CT molecular complexity index is 1220. The molecular formula is C22H13FNNaO3. The van der Waals surface area contributed by atoms with Gasteiger partial charge in [-0.15, -0.1) is 0 Å². The van der Waals surface area contributed by atoms with E-state index in [4.69, 9.17) is 4.42 Å². The molecule has 0 atom stereocenters. The summed E-state index contributed by atoms with van der Waals surface area (Å²) >= 11 is 0. The number of furan rings is 1. The first kappa shape index (κ1) is 18.9. The number of hydrogen-bond donors (Lipinski definition) is 0. The Morgan fingerprint density at radius 1 is 1.07 bits per heavy atom. The number of aromatic carboxylic acids is 1. The maximum Gasteiger partial charge on any atom is 1.00 e. The number of carbonyl (C=O) groups is 1. The largest absolute Gasteiger partial charge is 1.00 e. The van der Waals surface area contributed by atoms with E-state index in [2.05, 4.69) is 11.1 Å². The minimum absolute atomic E-state index is 0. The van der Waals surface area contributed by atoms with Crippen LogP contribution in [0.3, 0.4) is 0 Å². The summed E-state index contributed by atoms with van der Waals surface area (Å²) in [5, 5.41) is 12.1. The maximum absolute atomic E-state index is 13.7. The van der Waals surface area contributed by atoms with Crippen molar-refractivity contribution < 1.29 is 48.3 Å². The summed E-state index contributed by atoms with van der Waals surface area (Å²) in [6.07, 6.45) is 4.51. The van der Waals surface area contributed by atoms with Gasteiger partial charge < -0.3 is 14.3 Å². The SMILES string of the molecule is O=C([O-])c1c2c(nc3ccc(F)cc13)-c1ccc(-c3ccoc3)cc1CC2.[Na+]. The Hall–Kier alpha value is -2.47. The molecule has 1 aliphatic carbocycles. The number of aryl methyl sites for hydroxylation is 1. The third-order valence-corrected chi connectivity index (χ3v) is 5.11. The van der Waals surface area contributed by atoms with Gasteiger partial charge in [0, 0.05) is 22.1 Å². The molecule has 2 heterocycles. The Kier molecular flexibility index (Phi) is 4.83. The van der Waals surface area contributed by atoms with Crippen LogP contribution in [0.2, 0.25) is 0 Å². The summed E-state index contributed by atoms with van der Waals surface area (Å²) in [6, 6.07) is 11.9. The second kappa shape index (κ2) is 7.17. The van der Waals surface area contributed by atoms with E-state index in [-0.39, 0.29) is 40.5 Å². The average molecular weight is 381 g/mol. The van der Waals surface area contributed by atoms with Gasteiger partial charge in [0.2, 0.25) is 0 Å². The van der Waals surface area contributed by atoms with Crippen LogP contribution in [0.15, 0.2) is 59.4 Å². The fourth-order valence-electron chi connectivity index (χ4n) is 3.87. The molecule has 4 aromatic rings. The average Bonchev–Trinajstić information content (AvgIpc) is 3.20. The van der Waals surface area contributed by atoms with Crippen molar-refractivity contribution in [1.29, 1.82) is 0 Å². The fraction of sp³-hybridized carbons (Fsp3) is 0.0909. The van der Waals surface area contributed by atoms with Gasteiger partial charge in [0.1, 0.15) is 5.82 Å². The minimum atomic E-state index is -1.30.